The first kappa shape index (κ1) is 15.9. The van der Waals surface area contributed by atoms with Crippen molar-refractivity contribution in [3.63, 3.8) is 0 Å². The molecule has 0 unspecified atom stereocenters. The predicted molar refractivity (Wildman–Crippen MR) is 78.7 cm³/mol. The van der Waals surface area contributed by atoms with Crippen LogP contribution in [0.3, 0.4) is 0 Å². The monoisotopic (exact) mass is 285 g/mol. The molecule has 0 atom stereocenters. The van der Waals surface area contributed by atoms with Gasteiger partial charge in [0.25, 0.3) is 0 Å². The van der Waals surface area contributed by atoms with Crippen molar-refractivity contribution in [2.24, 2.45) is 5.73 Å². The molecule has 0 aliphatic rings. The zero-order valence-electron chi connectivity index (χ0n) is 11.5. The molecule has 0 fully saturated rings. The predicted octanol–water partition coefficient (Wildman–Crippen LogP) is 1.52. The molecular formula is C13H23N3O2S. The lowest BCUT2D eigenvalue weighted by atomic mass is 10.3. The van der Waals surface area contributed by atoms with Crippen LogP contribution in [-0.4, -0.2) is 27.5 Å². The van der Waals surface area contributed by atoms with Gasteiger partial charge >= 0.3 is 0 Å². The molecule has 19 heavy (non-hydrogen) atoms. The Kier molecular flexibility index (Phi) is 6.27. The van der Waals surface area contributed by atoms with E-state index in [4.69, 9.17) is 5.73 Å². The zero-order valence-corrected chi connectivity index (χ0v) is 12.3. The second kappa shape index (κ2) is 7.47. The molecule has 0 saturated heterocycles. The number of unbranched alkanes of at least 4 members (excludes halogenated alkanes) is 1. The van der Waals surface area contributed by atoms with Crippen molar-refractivity contribution >= 4 is 15.7 Å². The van der Waals surface area contributed by atoms with Crippen LogP contribution in [0.25, 0.3) is 0 Å². The Morgan fingerprint density at radius 2 is 1.89 bits per heavy atom. The van der Waals surface area contributed by atoms with Gasteiger partial charge in [-0.3, -0.25) is 0 Å². The van der Waals surface area contributed by atoms with Crippen LogP contribution in [0.2, 0.25) is 0 Å². The normalized spacial score (nSPS) is 11.8. The average Bonchev–Trinajstić information content (AvgIpc) is 2.33. The van der Waals surface area contributed by atoms with Gasteiger partial charge in [-0.15, -0.1) is 0 Å². The SMILES string of the molecule is CC(C)NS(=O)(=O)c1ccccc1NCCCCN. The largest absolute Gasteiger partial charge is 0.384 e. The van der Waals surface area contributed by atoms with E-state index in [0.29, 0.717) is 18.8 Å². The van der Waals surface area contributed by atoms with Gasteiger partial charge in [-0.2, -0.15) is 0 Å². The van der Waals surface area contributed by atoms with Crippen LogP contribution in [0.15, 0.2) is 29.2 Å². The molecule has 0 heterocycles. The number of para-hydroxylation sites is 1. The highest BCUT2D eigenvalue weighted by Gasteiger charge is 2.18. The Morgan fingerprint density at radius 3 is 2.53 bits per heavy atom. The van der Waals surface area contributed by atoms with Gasteiger partial charge in [0.05, 0.1) is 5.69 Å². The molecule has 1 aromatic rings. The molecule has 0 aliphatic carbocycles. The minimum atomic E-state index is -3.47. The molecule has 0 aliphatic heterocycles. The van der Waals surface area contributed by atoms with E-state index in [0.717, 1.165) is 12.8 Å². The summed E-state index contributed by atoms with van der Waals surface area (Å²) in [5, 5.41) is 3.15. The fourth-order valence-corrected chi connectivity index (χ4v) is 3.15. The maximum atomic E-state index is 12.2. The first-order valence-electron chi connectivity index (χ1n) is 6.52. The number of rotatable bonds is 8. The van der Waals surface area contributed by atoms with Gasteiger partial charge in [0.15, 0.2) is 0 Å². The van der Waals surface area contributed by atoms with Crippen molar-refractivity contribution in [2.45, 2.75) is 37.6 Å². The summed E-state index contributed by atoms with van der Waals surface area (Å²) in [7, 11) is -3.47. The van der Waals surface area contributed by atoms with E-state index in [1.54, 1.807) is 32.0 Å². The third-order valence-electron chi connectivity index (χ3n) is 2.51. The van der Waals surface area contributed by atoms with Crippen molar-refractivity contribution in [1.82, 2.24) is 4.72 Å². The zero-order chi connectivity index (χ0) is 14.3. The second-order valence-corrected chi connectivity index (χ2v) is 6.38. The van der Waals surface area contributed by atoms with Crippen LogP contribution in [0.1, 0.15) is 26.7 Å². The number of nitrogens with one attached hydrogen (secondary N) is 2. The molecule has 6 heteroatoms. The lowest BCUT2D eigenvalue weighted by Crippen LogP contribution is -2.30. The summed E-state index contributed by atoms with van der Waals surface area (Å²) in [6, 6.07) is 6.79. The summed E-state index contributed by atoms with van der Waals surface area (Å²) in [4.78, 5) is 0.288. The molecule has 0 saturated carbocycles. The van der Waals surface area contributed by atoms with Gasteiger partial charge < -0.3 is 11.1 Å². The van der Waals surface area contributed by atoms with Crippen LogP contribution < -0.4 is 15.8 Å². The molecular weight excluding hydrogens is 262 g/mol. The van der Waals surface area contributed by atoms with Gasteiger partial charge in [0.1, 0.15) is 4.90 Å². The molecule has 0 bridgehead atoms. The number of benzene rings is 1. The number of nitrogens with two attached hydrogens (primary N) is 1. The Morgan fingerprint density at radius 1 is 1.21 bits per heavy atom. The molecule has 5 nitrogen and oxygen atoms in total. The number of sulfonamides is 1. The highest BCUT2D eigenvalue weighted by atomic mass is 32.2. The highest BCUT2D eigenvalue weighted by molar-refractivity contribution is 7.89. The van der Waals surface area contributed by atoms with E-state index in [1.165, 1.54) is 0 Å². The van der Waals surface area contributed by atoms with E-state index < -0.39 is 10.0 Å². The number of hydrogen-bond acceptors (Lipinski definition) is 4. The molecule has 0 aromatic heterocycles. The molecule has 108 valence electrons. The fraction of sp³-hybridized carbons (Fsp3) is 0.538. The van der Waals surface area contributed by atoms with E-state index >= 15 is 0 Å². The van der Waals surface area contributed by atoms with E-state index in [1.807, 2.05) is 6.07 Å². The average molecular weight is 285 g/mol. The molecule has 1 aromatic carbocycles. The lowest BCUT2D eigenvalue weighted by molar-refractivity contribution is 0.570. The molecule has 0 radical (unpaired) electrons. The Balaban J connectivity index is 2.83. The van der Waals surface area contributed by atoms with E-state index in [9.17, 15) is 8.42 Å². The summed E-state index contributed by atoms with van der Waals surface area (Å²) in [5.74, 6) is 0. The maximum Gasteiger partial charge on any atom is 0.242 e. The minimum absolute atomic E-state index is 0.129. The summed E-state index contributed by atoms with van der Waals surface area (Å²) in [5.41, 5.74) is 6.06. The first-order valence-corrected chi connectivity index (χ1v) is 8.01. The first-order chi connectivity index (χ1) is 8.97. The van der Waals surface area contributed by atoms with Gasteiger partial charge in [-0.05, 0) is 45.4 Å². The Labute approximate surface area is 115 Å². The standard InChI is InChI=1S/C13H23N3O2S/c1-11(2)16-19(17,18)13-8-4-3-7-12(13)15-10-6-5-9-14/h3-4,7-8,11,15-16H,5-6,9-10,14H2,1-2H3. The van der Waals surface area contributed by atoms with E-state index in [2.05, 4.69) is 10.0 Å². The van der Waals surface area contributed by atoms with Crippen molar-refractivity contribution in [1.29, 1.82) is 0 Å². The third kappa shape index (κ3) is 5.18. The Hall–Kier alpha value is -1.11. The third-order valence-corrected chi connectivity index (χ3v) is 4.23. The number of hydrogen-bond donors (Lipinski definition) is 3. The van der Waals surface area contributed by atoms with Gasteiger partial charge in [-0.25, -0.2) is 13.1 Å². The second-order valence-electron chi connectivity index (χ2n) is 4.69. The van der Waals surface area contributed by atoms with Gasteiger partial charge in [0.2, 0.25) is 10.0 Å². The van der Waals surface area contributed by atoms with Crippen molar-refractivity contribution < 1.29 is 8.42 Å². The quantitative estimate of drug-likeness (QED) is 0.632. The van der Waals surface area contributed by atoms with Crippen LogP contribution in [-0.2, 0) is 10.0 Å². The van der Waals surface area contributed by atoms with E-state index in [-0.39, 0.29) is 10.9 Å². The van der Waals surface area contributed by atoms with Crippen LogP contribution in [0.4, 0.5) is 5.69 Å². The minimum Gasteiger partial charge on any atom is -0.384 e. The van der Waals surface area contributed by atoms with Crippen LogP contribution in [0.5, 0.6) is 0 Å². The van der Waals surface area contributed by atoms with Crippen LogP contribution >= 0.6 is 0 Å². The topological polar surface area (TPSA) is 84.2 Å². The summed E-state index contributed by atoms with van der Waals surface area (Å²) in [6.45, 7) is 4.96. The van der Waals surface area contributed by atoms with Crippen LogP contribution in [0, 0.1) is 0 Å². The van der Waals surface area contributed by atoms with Gasteiger partial charge in [0, 0.05) is 12.6 Å². The summed E-state index contributed by atoms with van der Waals surface area (Å²) < 4.78 is 27.0. The van der Waals surface area contributed by atoms with Crippen molar-refractivity contribution in [2.75, 3.05) is 18.4 Å². The van der Waals surface area contributed by atoms with Gasteiger partial charge in [-0.1, -0.05) is 12.1 Å². The molecule has 4 N–H and O–H groups in total. The smallest absolute Gasteiger partial charge is 0.242 e. The fourth-order valence-electron chi connectivity index (χ4n) is 1.71. The summed E-state index contributed by atoms with van der Waals surface area (Å²) in [6.07, 6.45) is 1.84. The Bertz CT molecular complexity index is 486. The molecule has 1 rings (SSSR count). The van der Waals surface area contributed by atoms with Crippen molar-refractivity contribution in [3.05, 3.63) is 24.3 Å². The summed E-state index contributed by atoms with van der Waals surface area (Å²) >= 11 is 0. The molecule has 0 spiro atoms. The van der Waals surface area contributed by atoms with Crippen molar-refractivity contribution in [3.8, 4) is 0 Å². The maximum absolute atomic E-state index is 12.2. The lowest BCUT2D eigenvalue weighted by Gasteiger charge is -2.14. The number of anilines is 1. The highest BCUT2D eigenvalue weighted by Crippen LogP contribution is 2.20. The molecule has 0 amide bonds.